The summed E-state index contributed by atoms with van der Waals surface area (Å²) in [5, 5.41) is 2.66. The third kappa shape index (κ3) is 1.47. The van der Waals surface area contributed by atoms with Crippen LogP contribution < -0.4 is 5.56 Å². The van der Waals surface area contributed by atoms with Crippen molar-refractivity contribution in [3.8, 4) is 0 Å². The number of aromatic amines is 1. The first-order valence-electron chi connectivity index (χ1n) is 4.36. The zero-order valence-corrected chi connectivity index (χ0v) is 7.45. The summed E-state index contributed by atoms with van der Waals surface area (Å²) in [5.74, 6) is 0. The van der Waals surface area contributed by atoms with E-state index < -0.39 is 0 Å². The van der Waals surface area contributed by atoms with Crippen LogP contribution in [0.1, 0.15) is 18.9 Å². The Balaban J connectivity index is 2.54. The monoisotopic (exact) mass is 177 g/mol. The summed E-state index contributed by atoms with van der Waals surface area (Å²) in [6.07, 6.45) is 5.79. The molecule has 2 rings (SSSR count). The van der Waals surface area contributed by atoms with Crippen LogP contribution in [0.25, 0.3) is 5.65 Å². The lowest BCUT2D eigenvalue weighted by Crippen LogP contribution is -1.99. The van der Waals surface area contributed by atoms with Crippen molar-refractivity contribution in [3.05, 3.63) is 34.4 Å². The van der Waals surface area contributed by atoms with E-state index in [4.69, 9.17) is 0 Å². The highest BCUT2D eigenvalue weighted by Crippen LogP contribution is 2.02. The molecular weight excluding hydrogens is 166 g/mol. The molecule has 0 saturated heterocycles. The minimum absolute atomic E-state index is 0.110. The lowest BCUT2D eigenvalue weighted by molar-refractivity contribution is 0.857. The summed E-state index contributed by atoms with van der Waals surface area (Å²) in [6.45, 7) is 2.11. The van der Waals surface area contributed by atoms with Crippen molar-refractivity contribution in [3.63, 3.8) is 0 Å². The molecule has 0 atom stereocenters. The molecule has 0 aromatic carbocycles. The molecule has 0 aliphatic carbocycles. The highest BCUT2D eigenvalue weighted by molar-refractivity contribution is 5.35. The van der Waals surface area contributed by atoms with Crippen molar-refractivity contribution >= 4 is 5.65 Å². The molecule has 1 N–H and O–H groups in total. The third-order valence-electron chi connectivity index (χ3n) is 1.93. The van der Waals surface area contributed by atoms with Crippen molar-refractivity contribution in [2.45, 2.75) is 19.8 Å². The Hall–Kier alpha value is -1.58. The molecule has 0 fully saturated rings. The first-order chi connectivity index (χ1) is 6.29. The van der Waals surface area contributed by atoms with E-state index in [1.165, 1.54) is 6.07 Å². The number of fused-ring (bicyclic) bond motifs is 1. The first-order valence-corrected chi connectivity index (χ1v) is 4.36. The Morgan fingerprint density at radius 3 is 3.23 bits per heavy atom. The fourth-order valence-electron chi connectivity index (χ4n) is 1.36. The Kier molecular flexibility index (Phi) is 1.88. The van der Waals surface area contributed by atoms with Crippen LogP contribution in [0.15, 0.2) is 23.3 Å². The van der Waals surface area contributed by atoms with Crippen LogP contribution in [0.3, 0.4) is 0 Å². The fraction of sp³-hybridized carbons (Fsp3) is 0.333. The van der Waals surface area contributed by atoms with E-state index in [0.29, 0.717) is 5.65 Å². The van der Waals surface area contributed by atoms with E-state index in [0.717, 1.165) is 18.4 Å². The van der Waals surface area contributed by atoms with Crippen molar-refractivity contribution in [2.75, 3.05) is 0 Å². The fourth-order valence-corrected chi connectivity index (χ4v) is 1.36. The van der Waals surface area contributed by atoms with Crippen LogP contribution in [0.2, 0.25) is 0 Å². The summed E-state index contributed by atoms with van der Waals surface area (Å²) < 4.78 is 1.66. The highest BCUT2D eigenvalue weighted by atomic mass is 16.1. The van der Waals surface area contributed by atoms with Gasteiger partial charge >= 0.3 is 0 Å². The van der Waals surface area contributed by atoms with Crippen molar-refractivity contribution in [1.82, 2.24) is 14.6 Å². The number of rotatable bonds is 2. The van der Waals surface area contributed by atoms with Gasteiger partial charge in [0.05, 0.1) is 0 Å². The molecule has 4 nitrogen and oxygen atoms in total. The van der Waals surface area contributed by atoms with Crippen molar-refractivity contribution in [1.29, 1.82) is 0 Å². The van der Waals surface area contributed by atoms with Gasteiger partial charge in [-0.25, -0.2) is 9.50 Å². The lowest BCUT2D eigenvalue weighted by atomic mass is 10.2. The molecule has 0 radical (unpaired) electrons. The van der Waals surface area contributed by atoms with E-state index in [1.54, 1.807) is 4.52 Å². The number of hydrogen-bond acceptors (Lipinski definition) is 2. The SMILES string of the molecule is CCCc1cnc2cc(=O)[nH]n2c1. The van der Waals surface area contributed by atoms with Gasteiger partial charge in [0.25, 0.3) is 5.56 Å². The lowest BCUT2D eigenvalue weighted by Gasteiger charge is -1.98. The van der Waals surface area contributed by atoms with Gasteiger partial charge in [-0.05, 0) is 12.0 Å². The molecule has 4 heteroatoms. The van der Waals surface area contributed by atoms with Crippen molar-refractivity contribution < 1.29 is 0 Å². The summed E-state index contributed by atoms with van der Waals surface area (Å²) >= 11 is 0. The van der Waals surface area contributed by atoms with Gasteiger partial charge in [0.15, 0.2) is 5.65 Å². The molecule has 0 aliphatic rings. The van der Waals surface area contributed by atoms with Gasteiger partial charge in [0.2, 0.25) is 0 Å². The van der Waals surface area contributed by atoms with Gasteiger partial charge in [0.1, 0.15) is 0 Å². The van der Waals surface area contributed by atoms with Crippen LogP contribution >= 0.6 is 0 Å². The molecule has 0 amide bonds. The maximum Gasteiger partial charge on any atom is 0.266 e. The number of H-pyrrole nitrogens is 1. The normalized spacial score (nSPS) is 10.8. The van der Waals surface area contributed by atoms with Crippen LogP contribution in [0.5, 0.6) is 0 Å². The van der Waals surface area contributed by atoms with Crippen LogP contribution in [-0.2, 0) is 6.42 Å². The molecule has 2 aromatic heterocycles. The number of aryl methyl sites for hydroxylation is 1. The molecule has 0 bridgehead atoms. The van der Waals surface area contributed by atoms with E-state index in [9.17, 15) is 4.79 Å². The zero-order valence-electron chi connectivity index (χ0n) is 7.45. The topological polar surface area (TPSA) is 50.2 Å². The van der Waals surface area contributed by atoms with E-state index >= 15 is 0 Å². The second kappa shape index (κ2) is 3.05. The van der Waals surface area contributed by atoms with Gasteiger partial charge in [0, 0.05) is 18.5 Å². The van der Waals surface area contributed by atoms with Crippen molar-refractivity contribution in [2.24, 2.45) is 0 Å². The predicted octanol–water partition coefficient (Wildman–Crippen LogP) is 0.975. The quantitative estimate of drug-likeness (QED) is 0.743. The van der Waals surface area contributed by atoms with Crippen LogP contribution in [0, 0.1) is 0 Å². The van der Waals surface area contributed by atoms with Gasteiger partial charge in [-0.1, -0.05) is 13.3 Å². The van der Waals surface area contributed by atoms with Gasteiger partial charge < -0.3 is 0 Å². The van der Waals surface area contributed by atoms with Crippen LogP contribution in [0.4, 0.5) is 0 Å². The summed E-state index contributed by atoms with van der Waals surface area (Å²) in [5.41, 5.74) is 1.70. The first kappa shape index (κ1) is 8.04. The third-order valence-corrected chi connectivity index (χ3v) is 1.93. The molecule has 0 spiro atoms. The molecule has 2 heterocycles. The van der Waals surface area contributed by atoms with E-state index in [2.05, 4.69) is 17.0 Å². The minimum atomic E-state index is -0.110. The van der Waals surface area contributed by atoms with E-state index in [-0.39, 0.29) is 5.56 Å². The predicted molar refractivity (Wildman–Crippen MR) is 49.8 cm³/mol. The number of hydrogen-bond donors (Lipinski definition) is 1. The summed E-state index contributed by atoms with van der Waals surface area (Å²) in [7, 11) is 0. The second-order valence-corrected chi connectivity index (χ2v) is 3.06. The Labute approximate surface area is 75.2 Å². The van der Waals surface area contributed by atoms with Gasteiger partial charge in [-0.3, -0.25) is 9.89 Å². The average molecular weight is 177 g/mol. The van der Waals surface area contributed by atoms with Crippen LogP contribution in [-0.4, -0.2) is 14.6 Å². The molecule has 13 heavy (non-hydrogen) atoms. The largest absolute Gasteiger partial charge is 0.268 e. The Morgan fingerprint density at radius 2 is 2.46 bits per heavy atom. The molecule has 0 aliphatic heterocycles. The Bertz CT molecular complexity index is 469. The number of aromatic nitrogens is 3. The number of nitrogens with one attached hydrogen (secondary N) is 1. The average Bonchev–Trinajstić information content (AvgIpc) is 2.44. The standard InChI is InChI=1S/C9H11N3O/c1-2-3-7-5-10-8-4-9(13)11-12(8)6-7/h4-6H,2-3H2,1H3,(H,11,13). The maximum absolute atomic E-state index is 10.9. The summed E-state index contributed by atoms with van der Waals surface area (Å²) in [4.78, 5) is 15.1. The molecule has 0 unspecified atom stereocenters. The Morgan fingerprint density at radius 1 is 1.62 bits per heavy atom. The molecular formula is C9H11N3O. The smallest absolute Gasteiger partial charge is 0.266 e. The summed E-state index contributed by atoms with van der Waals surface area (Å²) in [6, 6.07) is 1.48. The second-order valence-electron chi connectivity index (χ2n) is 3.06. The highest BCUT2D eigenvalue weighted by Gasteiger charge is 1.98. The minimum Gasteiger partial charge on any atom is -0.268 e. The zero-order chi connectivity index (χ0) is 9.26. The molecule has 2 aromatic rings. The van der Waals surface area contributed by atoms with Gasteiger partial charge in [-0.2, -0.15) is 0 Å². The van der Waals surface area contributed by atoms with Gasteiger partial charge in [-0.15, -0.1) is 0 Å². The van der Waals surface area contributed by atoms with E-state index in [1.807, 2.05) is 12.4 Å². The molecule has 68 valence electrons. The molecule has 0 saturated carbocycles. The maximum atomic E-state index is 10.9. The number of nitrogens with zero attached hydrogens (tertiary/aromatic N) is 2.